The maximum absolute atomic E-state index is 2.27. The van der Waals surface area contributed by atoms with Gasteiger partial charge in [-0.05, 0) is 0 Å². The summed E-state index contributed by atoms with van der Waals surface area (Å²) in [6, 6.07) is 0. The fourth-order valence-electron chi connectivity index (χ4n) is 0. The normalized spacial score (nSPS) is 8.31. The third kappa shape index (κ3) is 839. The molecule has 0 saturated heterocycles. The van der Waals surface area contributed by atoms with Crippen molar-refractivity contribution in [2.75, 3.05) is 0 Å². The van der Waals surface area contributed by atoms with Crippen LogP contribution in [0.3, 0.4) is 0 Å². The van der Waals surface area contributed by atoms with Crippen molar-refractivity contribution in [3.8, 4) is 0 Å². The third-order valence-electron chi connectivity index (χ3n) is 0. The second-order valence-electron chi connectivity index (χ2n) is 4.50. The molecule has 4 heteroatoms. The Hall–Kier alpha value is 1.45. The fourth-order valence-corrected chi connectivity index (χ4v) is 0. The summed E-state index contributed by atoms with van der Waals surface area (Å²) in [5, 5.41) is 0. The van der Waals surface area contributed by atoms with Gasteiger partial charge in [-0.25, -0.2) is 0 Å². The number of rotatable bonds is 0. The molecule has 0 saturated carbocycles. The summed E-state index contributed by atoms with van der Waals surface area (Å²) in [6.45, 7) is 20.4. The minimum Gasteiger partial charge on any atom is -0.0715 e. The van der Waals surface area contributed by atoms with E-state index >= 15 is 0 Å². The van der Waals surface area contributed by atoms with E-state index in [1.165, 1.54) is 0 Å². The van der Waals surface area contributed by atoms with E-state index in [1.54, 1.807) is 0 Å². The van der Waals surface area contributed by atoms with Gasteiger partial charge in [-0.15, -0.1) is 0 Å². The Morgan fingerprint density at radius 2 is 0.385 bits per heavy atom. The van der Waals surface area contributed by atoms with Crippen LogP contribution in [0.4, 0.5) is 0 Å². The van der Waals surface area contributed by atoms with E-state index in [0.717, 1.165) is 0 Å². The number of hydrogen-bond donors (Lipinski definition) is 0. The molecule has 0 spiro atoms. The van der Waals surface area contributed by atoms with E-state index in [1.807, 2.05) is 0 Å². The zero-order valence-electron chi connectivity index (χ0n) is 11.0. The smallest absolute Gasteiger partial charge is 0.0379 e. The van der Waals surface area contributed by atoms with Crippen LogP contribution >= 0.6 is 0 Å². The molecular weight excluding hydrogens is 311 g/mol. The first kappa shape index (κ1) is 23.9. The first-order valence-corrected chi connectivity index (χ1v) is 13.5. The molecule has 0 aromatic heterocycles. The van der Waals surface area contributed by atoms with Crippen molar-refractivity contribution in [3.05, 3.63) is 0 Å². The van der Waals surface area contributed by atoms with Gasteiger partial charge in [0.25, 0.3) is 0 Å². The Morgan fingerprint density at radius 1 is 0.385 bits per heavy atom. The quantitative estimate of drug-likeness (QED) is 0.591. The van der Waals surface area contributed by atoms with Gasteiger partial charge in [0.05, 0.1) is 0 Å². The molecule has 79 valence electrons. The van der Waals surface area contributed by atoms with E-state index in [9.17, 15) is 0 Å². The van der Waals surface area contributed by atoms with Crippen LogP contribution in [0.5, 0.6) is 0 Å². The average molecular weight is 338 g/mol. The topological polar surface area (TPSA) is 0 Å². The van der Waals surface area contributed by atoms with Crippen molar-refractivity contribution >= 4 is 50.3 Å². The Morgan fingerprint density at radius 3 is 0.385 bits per heavy atom. The molecule has 0 bridgehead atoms. The summed E-state index contributed by atoms with van der Waals surface area (Å²) >= 11 is 0. The van der Waals surface area contributed by atoms with Crippen molar-refractivity contribution in [1.82, 2.24) is 0 Å². The van der Waals surface area contributed by atoms with Gasteiger partial charge in [0, 0.05) is 50.3 Å². The zero-order chi connectivity index (χ0) is 10.7. The predicted octanol–water partition coefficient (Wildman–Crippen LogP) is 3.73. The summed E-state index contributed by atoms with van der Waals surface area (Å²) in [6.07, 6.45) is 0. The van der Waals surface area contributed by atoms with Crippen LogP contribution in [0.15, 0.2) is 0 Å². The van der Waals surface area contributed by atoms with Crippen molar-refractivity contribution in [2.45, 2.75) is 58.9 Å². The van der Waals surface area contributed by atoms with E-state index in [4.69, 9.17) is 0 Å². The second-order valence-corrected chi connectivity index (χ2v) is 13.5. The van der Waals surface area contributed by atoms with E-state index in [-0.39, 0.29) is 50.3 Å². The predicted molar refractivity (Wildman–Crippen MR) is 75.8 cm³/mol. The van der Waals surface area contributed by atoms with Gasteiger partial charge in [-0.1, -0.05) is 58.9 Å². The average Bonchev–Trinajstić information content (AvgIpc) is 1.54. The van der Waals surface area contributed by atoms with Gasteiger partial charge < -0.3 is 0 Å². The van der Waals surface area contributed by atoms with E-state index < -0.39 is 0 Å². The maximum atomic E-state index is 2.27. The largest absolute Gasteiger partial charge is 0.0715 e. The van der Waals surface area contributed by atoms with Gasteiger partial charge in [0.2, 0.25) is 0 Å². The molecule has 7 radical (unpaired) electrons. The zero-order valence-corrected chi connectivity index (χ0v) is 16.9. The minimum absolute atomic E-state index is 0. The monoisotopic (exact) mass is 339 g/mol. The molecular formula is C9H27Si3Sn. The molecule has 0 aliphatic heterocycles. The molecule has 13 heavy (non-hydrogen) atoms. The van der Waals surface area contributed by atoms with E-state index in [0.29, 0.717) is 0 Å². The molecule has 0 aliphatic rings. The standard InChI is InChI=1S/3C3H9Si.Sn/c3*1-4(2)3;/h3*1-3H3;. The molecule has 0 rings (SSSR count). The summed E-state index contributed by atoms with van der Waals surface area (Å²) < 4.78 is 0. The maximum Gasteiger partial charge on any atom is 0.0379 e. The number of hydrogen-bond acceptors (Lipinski definition) is 0. The molecule has 0 amide bonds. The van der Waals surface area contributed by atoms with Crippen molar-refractivity contribution in [3.63, 3.8) is 0 Å². The van der Waals surface area contributed by atoms with Gasteiger partial charge in [-0.2, -0.15) is 0 Å². The molecule has 0 atom stereocenters. The van der Waals surface area contributed by atoms with Gasteiger partial charge in [0.1, 0.15) is 0 Å². The summed E-state index contributed by atoms with van der Waals surface area (Å²) in [5.74, 6) is 0. The molecule has 0 aliphatic carbocycles. The van der Waals surface area contributed by atoms with Crippen LogP contribution < -0.4 is 0 Å². The summed E-state index contributed by atoms with van der Waals surface area (Å²) in [4.78, 5) is 0. The minimum atomic E-state index is 0. The first-order chi connectivity index (χ1) is 5.20. The second kappa shape index (κ2) is 19.1. The first-order valence-electron chi connectivity index (χ1n) is 4.50. The Balaban J connectivity index is -0.0000000450. The molecule has 0 N–H and O–H groups in total. The van der Waals surface area contributed by atoms with Crippen LogP contribution in [-0.2, 0) is 0 Å². The van der Waals surface area contributed by atoms with Crippen LogP contribution in [0.25, 0.3) is 0 Å². The summed E-state index contributed by atoms with van der Waals surface area (Å²) in [7, 11) is 0.361. The Kier molecular flexibility index (Phi) is 35.2. The Labute approximate surface area is 109 Å². The molecule has 0 heterocycles. The van der Waals surface area contributed by atoms with Gasteiger partial charge >= 0.3 is 0 Å². The van der Waals surface area contributed by atoms with Gasteiger partial charge in [-0.3, -0.25) is 0 Å². The fraction of sp³-hybridized carbons (Fsp3) is 1.00. The Bertz CT molecular complexity index is 43.4. The van der Waals surface area contributed by atoms with Crippen molar-refractivity contribution < 1.29 is 0 Å². The van der Waals surface area contributed by atoms with Gasteiger partial charge in [0.15, 0.2) is 0 Å². The van der Waals surface area contributed by atoms with Crippen LogP contribution in [0.2, 0.25) is 58.9 Å². The van der Waals surface area contributed by atoms with E-state index in [2.05, 4.69) is 58.9 Å². The van der Waals surface area contributed by atoms with Crippen LogP contribution in [0.1, 0.15) is 0 Å². The molecule has 0 nitrogen and oxygen atoms in total. The summed E-state index contributed by atoms with van der Waals surface area (Å²) in [5.41, 5.74) is 0. The molecule has 0 aromatic rings. The van der Waals surface area contributed by atoms with Crippen LogP contribution in [-0.4, -0.2) is 50.3 Å². The molecule has 0 unspecified atom stereocenters. The SMILES string of the molecule is C[Si](C)C.C[Si](C)C.C[Si](C)C.[Sn]. The van der Waals surface area contributed by atoms with Crippen LogP contribution in [0, 0.1) is 0 Å². The van der Waals surface area contributed by atoms with Crippen molar-refractivity contribution in [2.24, 2.45) is 0 Å². The molecule has 0 fully saturated rings. The third-order valence-corrected chi connectivity index (χ3v) is 0. The molecule has 0 aromatic carbocycles. The van der Waals surface area contributed by atoms with Crippen molar-refractivity contribution in [1.29, 1.82) is 0 Å².